The zero-order valence-corrected chi connectivity index (χ0v) is 12.4. The summed E-state index contributed by atoms with van der Waals surface area (Å²) in [6.07, 6.45) is 5.17. The summed E-state index contributed by atoms with van der Waals surface area (Å²) >= 11 is 0. The van der Waals surface area contributed by atoms with E-state index in [0.29, 0.717) is 18.3 Å². The first kappa shape index (κ1) is 14.7. The Balaban J connectivity index is 1.57. The molecule has 1 aliphatic rings. The smallest absolute Gasteiger partial charge is 0.235 e. The molecule has 1 fully saturated rings. The normalized spacial score (nSPS) is 18.1. The highest BCUT2D eigenvalue weighted by Gasteiger charge is 2.16. The van der Waals surface area contributed by atoms with Gasteiger partial charge in [-0.25, -0.2) is 0 Å². The van der Waals surface area contributed by atoms with Gasteiger partial charge >= 0.3 is 0 Å². The van der Waals surface area contributed by atoms with Crippen LogP contribution in [0.4, 0.5) is 5.95 Å². The largest absolute Gasteiger partial charge is 0.381 e. The fourth-order valence-electron chi connectivity index (χ4n) is 2.66. The Morgan fingerprint density at radius 3 is 3.00 bits per heavy atom. The van der Waals surface area contributed by atoms with Gasteiger partial charge in [0.2, 0.25) is 11.9 Å². The first-order valence-electron chi connectivity index (χ1n) is 7.66. The van der Waals surface area contributed by atoms with Crippen LogP contribution in [0, 0.1) is 5.92 Å². The molecular weight excluding hydrogens is 280 g/mol. The molecule has 22 heavy (non-hydrogen) atoms. The molecule has 0 radical (unpaired) electrons. The predicted molar refractivity (Wildman–Crippen MR) is 82.8 cm³/mol. The number of ether oxygens (including phenoxy) is 1. The maximum atomic E-state index is 12.1. The Morgan fingerprint density at radius 1 is 1.36 bits per heavy atom. The minimum absolute atomic E-state index is 0.0317. The number of para-hydroxylation sites is 1. The summed E-state index contributed by atoms with van der Waals surface area (Å²) in [7, 11) is 0. The third-order valence-electron chi connectivity index (χ3n) is 3.87. The van der Waals surface area contributed by atoms with Gasteiger partial charge in [-0.15, -0.1) is 10.2 Å². The summed E-state index contributed by atoms with van der Waals surface area (Å²) < 4.78 is 7.20. The monoisotopic (exact) mass is 300 g/mol. The maximum Gasteiger partial charge on any atom is 0.235 e. The molecule has 0 saturated carbocycles. The first-order chi connectivity index (χ1) is 10.8. The molecule has 1 amide bonds. The highest BCUT2D eigenvalue weighted by Crippen LogP contribution is 2.19. The van der Waals surface area contributed by atoms with Gasteiger partial charge in [-0.05, 0) is 37.3 Å². The van der Waals surface area contributed by atoms with Crippen LogP contribution in [0.5, 0.6) is 0 Å². The molecule has 6 nitrogen and oxygen atoms in total. The summed E-state index contributed by atoms with van der Waals surface area (Å²) in [4.78, 5) is 12.1. The summed E-state index contributed by atoms with van der Waals surface area (Å²) in [5.74, 6) is 0.915. The van der Waals surface area contributed by atoms with Crippen molar-refractivity contribution in [2.24, 2.45) is 5.92 Å². The second-order valence-electron chi connectivity index (χ2n) is 5.53. The van der Waals surface area contributed by atoms with Crippen LogP contribution in [0.25, 0.3) is 5.69 Å². The van der Waals surface area contributed by atoms with Crippen molar-refractivity contribution in [2.45, 2.75) is 25.7 Å². The SMILES string of the molecule is O=C(CCC1CCCOC1)Nc1nncn1-c1ccccc1. The van der Waals surface area contributed by atoms with Crippen LogP contribution in [0.2, 0.25) is 0 Å². The third-order valence-corrected chi connectivity index (χ3v) is 3.87. The maximum absolute atomic E-state index is 12.1. The van der Waals surface area contributed by atoms with Crippen molar-refractivity contribution in [3.8, 4) is 5.69 Å². The van der Waals surface area contributed by atoms with Gasteiger partial charge in [-0.1, -0.05) is 18.2 Å². The van der Waals surface area contributed by atoms with Crippen molar-refractivity contribution in [2.75, 3.05) is 18.5 Å². The molecule has 1 atom stereocenters. The van der Waals surface area contributed by atoms with Gasteiger partial charge < -0.3 is 4.74 Å². The van der Waals surface area contributed by atoms with Gasteiger partial charge in [-0.3, -0.25) is 14.7 Å². The van der Waals surface area contributed by atoms with E-state index in [1.54, 1.807) is 10.9 Å². The first-order valence-corrected chi connectivity index (χ1v) is 7.66. The average molecular weight is 300 g/mol. The summed E-state index contributed by atoms with van der Waals surface area (Å²) in [6, 6.07) is 9.70. The number of rotatable bonds is 5. The lowest BCUT2D eigenvalue weighted by atomic mass is 9.97. The zero-order valence-electron chi connectivity index (χ0n) is 12.4. The lowest BCUT2D eigenvalue weighted by Crippen LogP contribution is -2.21. The minimum Gasteiger partial charge on any atom is -0.381 e. The van der Waals surface area contributed by atoms with E-state index in [2.05, 4.69) is 15.5 Å². The van der Waals surface area contributed by atoms with Crippen molar-refractivity contribution < 1.29 is 9.53 Å². The fraction of sp³-hybridized carbons (Fsp3) is 0.438. The number of nitrogens with zero attached hydrogens (tertiary/aromatic N) is 3. The summed E-state index contributed by atoms with van der Waals surface area (Å²) in [5.41, 5.74) is 0.920. The Kier molecular flexibility index (Phi) is 4.80. The third kappa shape index (κ3) is 3.71. The van der Waals surface area contributed by atoms with Gasteiger partial charge in [0.1, 0.15) is 6.33 Å². The van der Waals surface area contributed by atoms with Crippen LogP contribution in [-0.4, -0.2) is 33.9 Å². The van der Waals surface area contributed by atoms with Gasteiger partial charge in [-0.2, -0.15) is 0 Å². The molecule has 116 valence electrons. The number of hydrogen-bond acceptors (Lipinski definition) is 4. The molecule has 2 aromatic rings. The average Bonchev–Trinajstić information content (AvgIpc) is 3.03. The second kappa shape index (κ2) is 7.17. The molecule has 1 aromatic carbocycles. The van der Waals surface area contributed by atoms with Crippen molar-refractivity contribution in [1.82, 2.24) is 14.8 Å². The lowest BCUT2D eigenvalue weighted by Gasteiger charge is -2.21. The molecule has 1 unspecified atom stereocenters. The molecular formula is C16H20N4O2. The molecule has 0 spiro atoms. The van der Waals surface area contributed by atoms with Crippen molar-refractivity contribution in [3.05, 3.63) is 36.7 Å². The Labute approximate surface area is 129 Å². The highest BCUT2D eigenvalue weighted by molar-refractivity contribution is 5.89. The number of hydrogen-bond donors (Lipinski definition) is 1. The van der Waals surface area contributed by atoms with E-state index in [1.165, 1.54) is 0 Å². The van der Waals surface area contributed by atoms with E-state index in [-0.39, 0.29) is 5.91 Å². The number of aromatic nitrogens is 3. The molecule has 0 aliphatic carbocycles. The minimum atomic E-state index is -0.0317. The number of carbonyl (C=O) groups excluding carboxylic acids is 1. The molecule has 3 rings (SSSR count). The van der Waals surface area contributed by atoms with E-state index < -0.39 is 0 Å². The number of carbonyl (C=O) groups is 1. The van der Waals surface area contributed by atoms with Crippen LogP contribution in [-0.2, 0) is 9.53 Å². The van der Waals surface area contributed by atoms with E-state index in [9.17, 15) is 4.79 Å². The van der Waals surface area contributed by atoms with Gasteiger partial charge in [0, 0.05) is 19.6 Å². The second-order valence-corrected chi connectivity index (χ2v) is 5.53. The molecule has 1 aromatic heterocycles. The van der Waals surface area contributed by atoms with E-state index in [0.717, 1.165) is 38.2 Å². The molecule has 1 saturated heterocycles. The van der Waals surface area contributed by atoms with Crippen LogP contribution >= 0.6 is 0 Å². The Hall–Kier alpha value is -2.21. The molecule has 2 heterocycles. The quantitative estimate of drug-likeness (QED) is 0.920. The van der Waals surface area contributed by atoms with Gasteiger partial charge in [0.05, 0.1) is 5.69 Å². The predicted octanol–water partition coefficient (Wildman–Crippen LogP) is 2.41. The molecule has 0 bridgehead atoms. The number of benzene rings is 1. The number of nitrogens with one attached hydrogen (secondary N) is 1. The van der Waals surface area contributed by atoms with E-state index in [1.807, 2.05) is 30.3 Å². The van der Waals surface area contributed by atoms with Crippen LogP contribution in [0.1, 0.15) is 25.7 Å². The van der Waals surface area contributed by atoms with Crippen LogP contribution in [0.15, 0.2) is 36.7 Å². The van der Waals surface area contributed by atoms with E-state index >= 15 is 0 Å². The molecule has 1 aliphatic heterocycles. The number of amides is 1. The lowest BCUT2D eigenvalue weighted by molar-refractivity contribution is -0.116. The van der Waals surface area contributed by atoms with Crippen molar-refractivity contribution in [3.63, 3.8) is 0 Å². The van der Waals surface area contributed by atoms with Crippen LogP contribution in [0.3, 0.4) is 0 Å². The number of anilines is 1. The summed E-state index contributed by atoms with van der Waals surface area (Å²) in [5, 5.41) is 10.7. The Morgan fingerprint density at radius 2 is 2.23 bits per heavy atom. The van der Waals surface area contributed by atoms with E-state index in [4.69, 9.17) is 4.74 Å². The standard InChI is InChI=1S/C16H20N4O2/c21-15(9-8-13-5-4-10-22-11-13)18-16-19-17-12-20(16)14-6-2-1-3-7-14/h1-3,6-7,12-13H,4-5,8-11H2,(H,18,19,21). The topological polar surface area (TPSA) is 69.0 Å². The molecule has 1 N–H and O–H groups in total. The highest BCUT2D eigenvalue weighted by atomic mass is 16.5. The van der Waals surface area contributed by atoms with Gasteiger partial charge in [0.15, 0.2) is 0 Å². The van der Waals surface area contributed by atoms with Crippen molar-refractivity contribution in [1.29, 1.82) is 0 Å². The van der Waals surface area contributed by atoms with Crippen LogP contribution < -0.4 is 5.32 Å². The van der Waals surface area contributed by atoms with Gasteiger partial charge in [0.25, 0.3) is 0 Å². The summed E-state index contributed by atoms with van der Waals surface area (Å²) in [6.45, 7) is 1.62. The van der Waals surface area contributed by atoms with Crippen molar-refractivity contribution >= 4 is 11.9 Å². The fourth-order valence-corrected chi connectivity index (χ4v) is 2.66. The Bertz CT molecular complexity index is 606. The molecule has 6 heteroatoms. The zero-order chi connectivity index (χ0) is 15.2.